The molecule has 0 spiro atoms. The SMILES string of the molecule is CC(C)N(CCC(N)=S)C(=O)CC1CCCCO1. The summed E-state index contributed by atoms with van der Waals surface area (Å²) in [5.74, 6) is 0.146. The molecular weight excluding hydrogens is 248 g/mol. The summed E-state index contributed by atoms with van der Waals surface area (Å²) in [5.41, 5.74) is 5.49. The number of hydrogen-bond acceptors (Lipinski definition) is 3. The van der Waals surface area contributed by atoms with E-state index in [0.717, 1.165) is 25.9 Å². The van der Waals surface area contributed by atoms with E-state index in [-0.39, 0.29) is 18.1 Å². The zero-order valence-corrected chi connectivity index (χ0v) is 12.2. The molecule has 0 saturated carbocycles. The summed E-state index contributed by atoms with van der Waals surface area (Å²) in [4.78, 5) is 14.5. The van der Waals surface area contributed by atoms with Crippen LogP contribution < -0.4 is 5.73 Å². The first-order valence-corrected chi connectivity index (χ1v) is 7.11. The van der Waals surface area contributed by atoms with Crippen LogP contribution in [0.5, 0.6) is 0 Å². The fourth-order valence-electron chi connectivity index (χ4n) is 2.18. The number of hydrogen-bond donors (Lipinski definition) is 1. The maximum absolute atomic E-state index is 12.2. The molecule has 0 bridgehead atoms. The molecule has 1 aliphatic rings. The highest BCUT2D eigenvalue weighted by Gasteiger charge is 2.23. The predicted molar refractivity (Wildman–Crippen MR) is 76.5 cm³/mol. The lowest BCUT2D eigenvalue weighted by molar-refractivity contribution is -0.136. The fourth-order valence-corrected chi connectivity index (χ4v) is 2.27. The third kappa shape index (κ3) is 5.31. The first kappa shape index (κ1) is 15.4. The van der Waals surface area contributed by atoms with E-state index in [0.29, 0.717) is 24.4 Å². The molecule has 1 rings (SSSR count). The lowest BCUT2D eigenvalue weighted by Gasteiger charge is -2.29. The van der Waals surface area contributed by atoms with Crippen LogP contribution in [0.3, 0.4) is 0 Å². The van der Waals surface area contributed by atoms with Gasteiger partial charge in [0.05, 0.1) is 17.5 Å². The zero-order chi connectivity index (χ0) is 13.5. The second-order valence-electron chi connectivity index (χ2n) is 5.09. The molecule has 5 heteroatoms. The van der Waals surface area contributed by atoms with Gasteiger partial charge < -0.3 is 15.4 Å². The largest absolute Gasteiger partial charge is 0.393 e. The van der Waals surface area contributed by atoms with Crippen LogP contribution >= 0.6 is 12.2 Å². The van der Waals surface area contributed by atoms with Crippen LogP contribution in [0.25, 0.3) is 0 Å². The molecule has 0 aromatic carbocycles. The Hall–Kier alpha value is -0.680. The molecule has 1 amide bonds. The van der Waals surface area contributed by atoms with Gasteiger partial charge in [-0.2, -0.15) is 0 Å². The summed E-state index contributed by atoms with van der Waals surface area (Å²) >= 11 is 4.86. The van der Waals surface area contributed by atoms with E-state index in [2.05, 4.69) is 0 Å². The van der Waals surface area contributed by atoms with Gasteiger partial charge in [-0.15, -0.1) is 0 Å². The summed E-state index contributed by atoms with van der Waals surface area (Å²) in [6.45, 7) is 5.42. The maximum atomic E-state index is 12.2. The number of amides is 1. The molecule has 18 heavy (non-hydrogen) atoms. The van der Waals surface area contributed by atoms with Crippen LogP contribution in [0, 0.1) is 0 Å². The van der Waals surface area contributed by atoms with Crippen molar-refractivity contribution < 1.29 is 9.53 Å². The van der Waals surface area contributed by atoms with E-state index in [1.54, 1.807) is 0 Å². The smallest absolute Gasteiger partial charge is 0.225 e. The monoisotopic (exact) mass is 272 g/mol. The van der Waals surface area contributed by atoms with Gasteiger partial charge >= 0.3 is 0 Å². The Kier molecular flexibility index (Phi) is 6.57. The lowest BCUT2D eigenvalue weighted by atomic mass is 10.1. The van der Waals surface area contributed by atoms with Gasteiger partial charge in [-0.05, 0) is 33.1 Å². The van der Waals surface area contributed by atoms with Crippen LogP contribution in [-0.2, 0) is 9.53 Å². The maximum Gasteiger partial charge on any atom is 0.225 e. The standard InChI is InChI=1S/C13H24N2O2S/c1-10(2)15(7-6-12(14)18)13(16)9-11-5-3-4-8-17-11/h10-11H,3-9H2,1-2H3,(H2,14,18). The first-order valence-electron chi connectivity index (χ1n) is 6.70. The van der Waals surface area contributed by atoms with Gasteiger partial charge in [0.1, 0.15) is 0 Å². The Morgan fingerprint density at radius 2 is 2.22 bits per heavy atom. The molecule has 0 aromatic rings. The molecule has 0 aromatic heterocycles. The number of ether oxygens (including phenoxy) is 1. The minimum Gasteiger partial charge on any atom is -0.393 e. The van der Waals surface area contributed by atoms with E-state index in [4.69, 9.17) is 22.7 Å². The summed E-state index contributed by atoms with van der Waals surface area (Å²) in [5, 5.41) is 0. The molecule has 0 radical (unpaired) electrons. The number of nitrogens with two attached hydrogens (primary N) is 1. The number of carbonyl (C=O) groups is 1. The minimum absolute atomic E-state index is 0.0947. The highest BCUT2D eigenvalue weighted by molar-refractivity contribution is 7.80. The van der Waals surface area contributed by atoms with Crippen molar-refractivity contribution in [2.75, 3.05) is 13.2 Å². The van der Waals surface area contributed by atoms with Gasteiger partial charge in [-0.3, -0.25) is 4.79 Å². The molecular formula is C13H24N2O2S. The van der Waals surface area contributed by atoms with E-state index in [1.165, 1.54) is 0 Å². The Morgan fingerprint density at radius 3 is 2.72 bits per heavy atom. The summed E-state index contributed by atoms with van der Waals surface area (Å²) in [7, 11) is 0. The Bertz CT molecular complexity index is 289. The van der Waals surface area contributed by atoms with Crippen LogP contribution in [0.15, 0.2) is 0 Å². The Morgan fingerprint density at radius 1 is 1.50 bits per heavy atom. The van der Waals surface area contributed by atoms with Crippen molar-refractivity contribution in [3.05, 3.63) is 0 Å². The summed E-state index contributed by atoms with van der Waals surface area (Å²) in [6.07, 6.45) is 4.43. The minimum atomic E-state index is 0.0947. The highest BCUT2D eigenvalue weighted by atomic mass is 32.1. The molecule has 0 aliphatic carbocycles. The predicted octanol–water partition coefficient (Wildman–Crippen LogP) is 1.86. The van der Waals surface area contributed by atoms with Gasteiger partial charge in [0, 0.05) is 25.6 Å². The fraction of sp³-hybridized carbons (Fsp3) is 0.846. The van der Waals surface area contributed by atoms with Gasteiger partial charge in [-0.1, -0.05) is 12.2 Å². The molecule has 1 saturated heterocycles. The average molecular weight is 272 g/mol. The van der Waals surface area contributed by atoms with Crippen molar-refractivity contribution in [2.24, 2.45) is 5.73 Å². The van der Waals surface area contributed by atoms with E-state index < -0.39 is 0 Å². The van der Waals surface area contributed by atoms with Crippen LogP contribution in [0.4, 0.5) is 0 Å². The number of rotatable bonds is 6. The van der Waals surface area contributed by atoms with E-state index >= 15 is 0 Å². The van der Waals surface area contributed by atoms with Crippen molar-refractivity contribution in [1.29, 1.82) is 0 Å². The molecule has 1 heterocycles. The molecule has 1 aliphatic heterocycles. The molecule has 1 unspecified atom stereocenters. The van der Waals surface area contributed by atoms with Crippen molar-refractivity contribution in [3.8, 4) is 0 Å². The number of carbonyl (C=O) groups excluding carboxylic acids is 1. The third-order valence-corrected chi connectivity index (χ3v) is 3.42. The van der Waals surface area contributed by atoms with Crippen molar-refractivity contribution in [2.45, 2.75) is 58.1 Å². The van der Waals surface area contributed by atoms with E-state index in [1.807, 2.05) is 18.7 Å². The third-order valence-electron chi connectivity index (χ3n) is 3.22. The molecule has 4 nitrogen and oxygen atoms in total. The average Bonchev–Trinajstić information content (AvgIpc) is 2.29. The summed E-state index contributed by atoms with van der Waals surface area (Å²) in [6, 6.07) is 0.176. The Labute approximate surface area is 115 Å². The van der Waals surface area contributed by atoms with Crippen LogP contribution in [0.2, 0.25) is 0 Å². The quantitative estimate of drug-likeness (QED) is 0.750. The van der Waals surface area contributed by atoms with Crippen molar-refractivity contribution in [3.63, 3.8) is 0 Å². The van der Waals surface area contributed by atoms with Crippen molar-refractivity contribution in [1.82, 2.24) is 4.90 Å². The van der Waals surface area contributed by atoms with Crippen LogP contribution in [0.1, 0.15) is 46.0 Å². The Balaban J connectivity index is 2.45. The number of thiocarbonyl (C=S) groups is 1. The second-order valence-corrected chi connectivity index (χ2v) is 5.61. The topological polar surface area (TPSA) is 55.6 Å². The van der Waals surface area contributed by atoms with Crippen LogP contribution in [-0.4, -0.2) is 41.1 Å². The molecule has 1 atom stereocenters. The highest BCUT2D eigenvalue weighted by Crippen LogP contribution is 2.17. The molecule has 104 valence electrons. The first-order chi connectivity index (χ1) is 8.50. The van der Waals surface area contributed by atoms with Gasteiger partial charge in [0.25, 0.3) is 0 Å². The second kappa shape index (κ2) is 7.69. The molecule has 2 N–H and O–H groups in total. The van der Waals surface area contributed by atoms with Gasteiger partial charge in [-0.25, -0.2) is 0 Å². The normalized spacial score (nSPS) is 19.8. The lowest BCUT2D eigenvalue weighted by Crippen LogP contribution is -2.41. The van der Waals surface area contributed by atoms with Gasteiger partial charge in [0.2, 0.25) is 5.91 Å². The zero-order valence-electron chi connectivity index (χ0n) is 11.4. The van der Waals surface area contributed by atoms with Gasteiger partial charge in [0.15, 0.2) is 0 Å². The van der Waals surface area contributed by atoms with Crippen molar-refractivity contribution >= 4 is 23.1 Å². The molecule has 1 fully saturated rings. The van der Waals surface area contributed by atoms with E-state index in [9.17, 15) is 4.79 Å². The number of nitrogens with zero attached hydrogens (tertiary/aromatic N) is 1. The summed E-state index contributed by atoms with van der Waals surface area (Å²) < 4.78 is 5.61.